The number of rotatable bonds is 5. The zero-order valence-corrected chi connectivity index (χ0v) is 10.4. The van der Waals surface area contributed by atoms with Crippen molar-refractivity contribution in [2.24, 2.45) is 5.11 Å². The van der Waals surface area contributed by atoms with Crippen LogP contribution in [0.4, 0.5) is 4.39 Å². The van der Waals surface area contributed by atoms with E-state index in [2.05, 4.69) is 31.3 Å². The maximum atomic E-state index is 13.3. The molecule has 0 saturated carbocycles. The van der Waals surface area contributed by atoms with Gasteiger partial charge >= 0.3 is 0 Å². The molecule has 1 N–H and O–H groups in total. The van der Waals surface area contributed by atoms with Crippen LogP contribution in [-0.2, 0) is 0 Å². The van der Waals surface area contributed by atoms with E-state index in [1.165, 1.54) is 6.07 Å². The van der Waals surface area contributed by atoms with Gasteiger partial charge in [-0.15, -0.1) is 0 Å². The van der Waals surface area contributed by atoms with E-state index in [0.29, 0.717) is 16.6 Å². The highest BCUT2D eigenvalue weighted by Gasteiger charge is 2.11. The molecule has 0 aliphatic heterocycles. The Labute approximate surface area is 106 Å². The van der Waals surface area contributed by atoms with Crippen LogP contribution < -0.4 is 5.32 Å². The van der Waals surface area contributed by atoms with E-state index in [0.717, 1.165) is 0 Å². The molecule has 0 aliphatic carbocycles. The van der Waals surface area contributed by atoms with Crippen LogP contribution in [0.25, 0.3) is 10.4 Å². The van der Waals surface area contributed by atoms with Crippen molar-refractivity contribution in [2.45, 2.75) is 6.04 Å². The van der Waals surface area contributed by atoms with Crippen LogP contribution in [0, 0.1) is 17.1 Å². The normalized spacial score (nSPS) is 11.4. The molecule has 0 fully saturated rings. The number of hydrogen-bond donors (Lipinski definition) is 1. The standard InChI is InChI=1S/C10H9BrFN5/c11-8-2-1-7(5-9(8)12)10(6-13)15-3-4-16-17-14/h1-2,5,10,15H,3-4H2. The Morgan fingerprint density at radius 3 is 3.00 bits per heavy atom. The fraction of sp³-hybridized carbons (Fsp3) is 0.300. The van der Waals surface area contributed by atoms with Gasteiger partial charge < -0.3 is 0 Å². The van der Waals surface area contributed by atoms with Gasteiger partial charge in [0.1, 0.15) is 11.9 Å². The lowest BCUT2D eigenvalue weighted by atomic mass is 10.1. The Hall–Kier alpha value is -1.61. The molecule has 0 radical (unpaired) electrons. The van der Waals surface area contributed by atoms with E-state index in [1.807, 2.05) is 6.07 Å². The van der Waals surface area contributed by atoms with Crippen LogP contribution in [-0.4, -0.2) is 13.1 Å². The van der Waals surface area contributed by atoms with E-state index in [-0.39, 0.29) is 6.54 Å². The van der Waals surface area contributed by atoms with Gasteiger partial charge in [0.25, 0.3) is 0 Å². The summed E-state index contributed by atoms with van der Waals surface area (Å²) in [7, 11) is 0. The molecule has 1 atom stereocenters. The van der Waals surface area contributed by atoms with Crippen molar-refractivity contribution in [1.29, 1.82) is 5.26 Å². The summed E-state index contributed by atoms with van der Waals surface area (Å²) < 4.78 is 13.6. The second-order valence-electron chi connectivity index (χ2n) is 3.14. The van der Waals surface area contributed by atoms with Crippen LogP contribution in [0.5, 0.6) is 0 Å². The summed E-state index contributed by atoms with van der Waals surface area (Å²) in [5.74, 6) is -0.417. The number of azide groups is 1. The van der Waals surface area contributed by atoms with Gasteiger partial charge in [-0.25, -0.2) is 4.39 Å². The van der Waals surface area contributed by atoms with Crippen LogP contribution in [0.1, 0.15) is 11.6 Å². The minimum atomic E-state index is -0.619. The molecule has 0 heterocycles. The molecule has 1 rings (SSSR count). The second kappa shape index (κ2) is 6.86. The predicted octanol–water partition coefficient (Wildman–Crippen LogP) is 3.05. The average molecular weight is 298 g/mol. The quantitative estimate of drug-likeness (QED) is 0.392. The van der Waals surface area contributed by atoms with Gasteiger partial charge in [0.15, 0.2) is 0 Å². The van der Waals surface area contributed by atoms with Crippen LogP contribution in [0.15, 0.2) is 27.8 Å². The maximum absolute atomic E-state index is 13.3. The summed E-state index contributed by atoms with van der Waals surface area (Å²) >= 11 is 3.04. The van der Waals surface area contributed by atoms with Gasteiger partial charge in [0, 0.05) is 18.0 Å². The third-order valence-electron chi connectivity index (χ3n) is 2.03. The second-order valence-corrected chi connectivity index (χ2v) is 4.00. The van der Waals surface area contributed by atoms with Gasteiger partial charge in [0.2, 0.25) is 0 Å². The fourth-order valence-electron chi connectivity index (χ4n) is 1.23. The first-order chi connectivity index (χ1) is 8.19. The molecule has 0 amide bonds. The minimum absolute atomic E-state index is 0.244. The molecule has 1 aromatic carbocycles. The van der Waals surface area contributed by atoms with Crippen molar-refractivity contribution in [3.63, 3.8) is 0 Å². The molecule has 0 aromatic heterocycles. The van der Waals surface area contributed by atoms with Crippen molar-refractivity contribution in [3.8, 4) is 6.07 Å². The summed E-state index contributed by atoms with van der Waals surface area (Å²) in [6.07, 6.45) is 0. The van der Waals surface area contributed by atoms with E-state index in [9.17, 15) is 4.39 Å². The van der Waals surface area contributed by atoms with Gasteiger partial charge in [0.05, 0.1) is 10.5 Å². The van der Waals surface area contributed by atoms with Crippen LogP contribution >= 0.6 is 15.9 Å². The molecule has 0 saturated heterocycles. The molecule has 7 heteroatoms. The van der Waals surface area contributed by atoms with Crippen molar-refractivity contribution in [1.82, 2.24) is 5.32 Å². The first kappa shape index (κ1) is 13.5. The van der Waals surface area contributed by atoms with E-state index >= 15 is 0 Å². The zero-order chi connectivity index (χ0) is 12.7. The summed E-state index contributed by atoms with van der Waals surface area (Å²) in [5, 5.41) is 15.1. The fourth-order valence-corrected chi connectivity index (χ4v) is 1.48. The molecule has 0 aliphatic rings. The van der Waals surface area contributed by atoms with Crippen molar-refractivity contribution >= 4 is 15.9 Å². The summed E-state index contributed by atoms with van der Waals surface area (Å²) in [6, 6.07) is 5.89. The number of nitrogens with zero attached hydrogens (tertiary/aromatic N) is 4. The lowest BCUT2D eigenvalue weighted by Crippen LogP contribution is -2.22. The number of nitrogens with one attached hydrogen (secondary N) is 1. The zero-order valence-electron chi connectivity index (χ0n) is 8.77. The molecule has 5 nitrogen and oxygen atoms in total. The average Bonchev–Trinajstić information content (AvgIpc) is 2.33. The number of halogens is 2. The highest BCUT2D eigenvalue weighted by Crippen LogP contribution is 2.20. The third-order valence-corrected chi connectivity index (χ3v) is 2.67. The lowest BCUT2D eigenvalue weighted by Gasteiger charge is -2.11. The van der Waals surface area contributed by atoms with E-state index < -0.39 is 11.9 Å². The van der Waals surface area contributed by atoms with Crippen LogP contribution in [0.2, 0.25) is 0 Å². The third kappa shape index (κ3) is 4.04. The molecular weight excluding hydrogens is 289 g/mol. The molecule has 1 aromatic rings. The largest absolute Gasteiger partial charge is 0.298 e. The minimum Gasteiger partial charge on any atom is -0.298 e. The Morgan fingerprint density at radius 1 is 1.65 bits per heavy atom. The van der Waals surface area contributed by atoms with Gasteiger partial charge in [-0.05, 0) is 39.2 Å². The Morgan fingerprint density at radius 2 is 2.41 bits per heavy atom. The molecule has 88 valence electrons. The SMILES string of the molecule is N#CC(NCCN=[N+]=[N-])c1ccc(Br)c(F)c1. The number of nitriles is 1. The molecule has 0 spiro atoms. The first-order valence-corrected chi connectivity index (χ1v) is 5.57. The Kier molecular flexibility index (Phi) is 5.43. The molecule has 0 bridgehead atoms. The highest BCUT2D eigenvalue weighted by molar-refractivity contribution is 9.10. The van der Waals surface area contributed by atoms with E-state index in [4.69, 9.17) is 10.8 Å². The summed E-state index contributed by atoms with van der Waals surface area (Å²) in [4.78, 5) is 2.59. The van der Waals surface area contributed by atoms with Gasteiger partial charge in [-0.3, -0.25) is 5.32 Å². The summed E-state index contributed by atoms with van der Waals surface area (Å²) in [5.41, 5.74) is 8.62. The van der Waals surface area contributed by atoms with E-state index in [1.54, 1.807) is 12.1 Å². The number of hydrogen-bond acceptors (Lipinski definition) is 3. The smallest absolute Gasteiger partial charge is 0.137 e. The maximum Gasteiger partial charge on any atom is 0.137 e. The van der Waals surface area contributed by atoms with Crippen molar-refractivity contribution in [3.05, 3.63) is 44.5 Å². The van der Waals surface area contributed by atoms with Crippen LogP contribution in [0.3, 0.4) is 0 Å². The highest BCUT2D eigenvalue weighted by atomic mass is 79.9. The van der Waals surface area contributed by atoms with Crippen molar-refractivity contribution in [2.75, 3.05) is 13.1 Å². The van der Waals surface area contributed by atoms with Crippen molar-refractivity contribution < 1.29 is 4.39 Å². The van der Waals surface area contributed by atoms with Gasteiger partial charge in [-0.1, -0.05) is 11.2 Å². The topological polar surface area (TPSA) is 84.6 Å². The molecule has 17 heavy (non-hydrogen) atoms. The Balaban J connectivity index is 2.70. The molecular formula is C10H9BrFN5. The monoisotopic (exact) mass is 297 g/mol. The summed E-state index contributed by atoms with van der Waals surface area (Å²) in [6.45, 7) is 0.605. The predicted molar refractivity (Wildman–Crippen MR) is 64.5 cm³/mol. The lowest BCUT2D eigenvalue weighted by molar-refractivity contribution is 0.602. The number of benzene rings is 1. The molecule has 1 unspecified atom stereocenters. The first-order valence-electron chi connectivity index (χ1n) is 4.78. The van der Waals surface area contributed by atoms with Gasteiger partial charge in [-0.2, -0.15) is 5.26 Å². The Bertz CT molecular complexity index is 478.